The molecule has 2 N–H and O–H groups in total. The van der Waals surface area contributed by atoms with Crippen LogP contribution in [0.2, 0.25) is 0 Å². The third-order valence-corrected chi connectivity index (χ3v) is 5.24. The molecule has 128 valence electrons. The lowest BCUT2D eigenvalue weighted by molar-refractivity contribution is -0.947. The molecule has 1 amide bonds. The van der Waals surface area contributed by atoms with Crippen LogP contribution in [0.25, 0.3) is 0 Å². The number of quaternary nitrogens is 1. The minimum absolute atomic E-state index is 0.0464. The average molecular weight is 319 g/mol. The van der Waals surface area contributed by atoms with Crippen LogP contribution in [0.15, 0.2) is 18.2 Å². The van der Waals surface area contributed by atoms with E-state index in [0.29, 0.717) is 6.54 Å². The van der Waals surface area contributed by atoms with E-state index >= 15 is 0 Å². The first-order valence-corrected chi connectivity index (χ1v) is 8.88. The fraction of sp³-hybridized carbons (Fsp3) is 0.632. The maximum Gasteiger partial charge on any atom is 0.282 e. The second-order valence-corrected chi connectivity index (χ2v) is 6.88. The second-order valence-electron chi connectivity index (χ2n) is 6.88. The molecule has 0 aliphatic carbocycles. The Kier molecular flexibility index (Phi) is 6.19. The summed E-state index contributed by atoms with van der Waals surface area (Å²) in [5, 5.41) is 12.7. The Morgan fingerprint density at radius 2 is 1.96 bits per heavy atom. The van der Waals surface area contributed by atoms with Gasteiger partial charge in [-0.1, -0.05) is 25.1 Å². The van der Waals surface area contributed by atoms with Gasteiger partial charge in [-0.2, -0.15) is 0 Å². The van der Waals surface area contributed by atoms with E-state index < -0.39 is 0 Å². The molecule has 0 aromatic heterocycles. The number of piperidine rings is 1. The topological polar surface area (TPSA) is 49.3 Å². The van der Waals surface area contributed by atoms with Crippen LogP contribution in [-0.4, -0.2) is 47.8 Å². The number of nitrogens with zero attached hydrogens (tertiary/aromatic N) is 1. The first kappa shape index (κ1) is 18.0. The van der Waals surface area contributed by atoms with E-state index in [1.165, 1.54) is 0 Å². The van der Waals surface area contributed by atoms with Crippen molar-refractivity contribution in [1.29, 1.82) is 0 Å². The van der Waals surface area contributed by atoms with E-state index in [9.17, 15) is 9.90 Å². The molecule has 0 bridgehead atoms. The largest absolute Gasteiger partial charge is 0.391 e. The molecular weight excluding hydrogens is 288 g/mol. The number of carbonyl (C=O) groups is 1. The number of para-hydroxylation sites is 1. The zero-order valence-electron chi connectivity index (χ0n) is 14.8. The number of nitrogens with one attached hydrogen (secondary N) is 1. The maximum atomic E-state index is 13.0. The van der Waals surface area contributed by atoms with Gasteiger partial charge in [-0.05, 0) is 44.2 Å². The Bertz CT molecular complexity index is 510. The van der Waals surface area contributed by atoms with Crippen LogP contribution in [0.4, 0.5) is 5.69 Å². The number of hydrogen-bond donors (Lipinski definition) is 2. The van der Waals surface area contributed by atoms with Crippen LogP contribution in [0.3, 0.4) is 0 Å². The average Bonchev–Trinajstić information content (AvgIpc) is 2.52. The molecule has 1 aliphatic rings. The van der Waals surface area contributed by atoms with E-state index in [0.717, 1.165) is 60.1 Å². The molecule has 0 radical (unpaired) electrons. The van der Waals surface area contributed by atoms with Crippen LogP contribution in [-0.2, 0) is 4.79 Å². The Hall–Kier alpha value is -1.39. The van der Waals surface area contributed by atoms with Gasteiger partial charge >= 0.3 is 0 Å². The number of aryl methyl sites for hydroxylation is 2. The number of aliphatic hydroxyl groups excluding tert-OH is 1. The third-order valence-electron chi connectivity index (χ3n) is 5.24. The second kappa shape index (κ2) is 7.93. The summed E-state index contributed by atoms with van der Waals surface area (Å²) in [6, 6.07) is 6.04. The van der Waals surface area contributed by atoms with Gasteiger partial charge in [0.25, 0.3) is 5.91 Å². The van der Waals surface area contributed by atoms with Gasteiger partial charge in [0, 0.05) is 12.1 Å². The number of amides is 1. The summed E-state index contributed by atoms with van der Waals surface area (Å²) in [5.74, 6) is 0.115. The lowest BCUT2D eigenvalue weighted by Gasteiger charge is -2.46. The molecular formula is C19H31N2O2+. The van der Waals surface area contributed by atoms with Crippen molar-refractivity contribution in [1.82, 2.24) is 0 Å². The predicted octanol–water partition coefficient (Wildman–Crippen LogP) is 3.01. The van der Waals surface area contributed by atoms with Crippen molar-refractivity contribution in [3.63, 3.8) is 0 Å². The van der Waals surface area contributed by atoms with Crippen LogP contribution < -0.4 is 5.32 Å². The summed E-state index contributed by atoms with van der Waals surface area (Å²) >= 11 is 0. The van der Waals surface area contributed by atoms with Crippen LogP contribution in [0, 0.1) is 13.8 Å². The van der Waals surface area contributed by atoms with Gasteiger partial charge < -0.3 is 14.9 Å². The van der Waals surface area contributed by atoms with Crippen molar-refractivity contribution >= 4 is 11.6 Å². The quantitative estimate of drug-likeness (QED) is 0.792. The number of anilines is 1. The summed E-state index contributed by atoms with van der Waals surface area (Å²) in [6.07, 6.45) is 4.19. The predicted molar refractivity (Wildman–Crippen MR) is 94.4 cm³/mol. The summed E-state index contributed by atoms with van der Waals surface area (Å²) < 4.78 is 0.740. The highest BCUT2D eigenvalue weighted by atomic mass is 16.3. The molecule has 1 aromatic rings. The molecule has 2 rings (SSSR count). The highest BCUT2D eigenvalue weighted by Gasteiger charge is 2.42. The summed E-state index contributed by atoms with van der Waals surface area (Å²) in [5.41, 5.74) is 3.15. The van der Waals surface area contributed by atoms with Gasteiger partial charge in [0.05, 0.1) is 19.7 Å². The summed E-state index contributed by atoms with van der Waals surface area (Å²) in [6.45, 7) is 9.01. The lowest BCUT2D eigenvalue weighted by atomic mass is 9.96. The molecule has 1 saturated heterocycles. The molecule has 2 atom stereocenters. The van der Waals surface area contributed by atoms with E-state index in [2.05, 4.69) is 12.2 Å². The van der Waals surface area contributed by atoms with Gasteiger partial charge in [-0.25, -0.2) is 0 Å². The van der Waals surface area contributed by atoms with E-state index in [1.807, 2.05) is 32.0 Å². The zero-order chi connectivity index (χ0) is 16.9. The van der Waals surface area contributed by atoms with Gasteiger partial charge in [-0.3, -0.25) is 4.79 Å². The fourth-order valence-corrected chi connectivity index (χ4v) is 4.08. The normalized spacial score (nSPS) is 24.4. The zero-order valence-corrected chi connectivity index (χ0v) is 14.8. The standard InChI is InChI=1S/C19H30N2O2/c1-4-11-21(13-14-22)12-6-5-10-17(21)19(23)20-18-15(2)8-7-9-16(18)3/h7-9,17,22H,4-6,10-14H2,1-3H3/p+1/t17-,21?/m0/s1. The highest BCUT2D eigenvalue weighted by molar-refractivity contribution is 5.95. The van der Waals surface area contributed by atoms with Crippen LogP contribution >= 0.6 is 0 Å². The van der Waals surface area contributed by atoms with Crippen molar-refractivity contribution < 1.29 is 14.4 Å². The van der Waals surface area contributed by atoms with Gasteiger partial charge in [0.2, 0.25) is 0 Å². The van der Waals surface area contributed by atoms with E-state index in [-0.39, 0.29) is 18.6 Å². The molecule has 23 heavy (non-hydrogen) atoms. The molecule has 1 aromatic carbocycles. The highest BCUT2D eigenvalue weighted by Crippen LogP contribution is 2.28. The Morgan fingerprint density at radius 3 is 2.57 bits per heavy atom. The number of benzene rings is 1. The van der Waals surface area contributed by atoms with Crippen molar-refractivity contribution in [2.24, 2.45) is 0 Å². The number of likely N-dealkylation sites (tertiary alicyclic amines) is 1. The molecule has 4 heteroatoms. The SMILES string of the molecule is CCC[N+]1(CCO)CCCC[C@H]1C(=O)Nc1c(C)cccc1C. The van der Waals surface area contributed by atoms with Crippen molar-refractivity contribution in [3.05, 3.63) is 29.3 Å². The third kappa shape index (κ3) is 3.93. The fourth-order valence-electron chi connectivity index (χ4n) is 4.08. The first-order valence-electron chi connectivity index (χ1n) is 8.88. The molecule has 1 heterocycles. The Labute approximate surface area is 140 Å². The molecule has 0 spiro atoms. The molecule has 1 aliphatic heterocycles. The Morgan fingerprint density at radius 1 is 1.26 bits per heavy atom. The number of carbonyl (C=O) groups excluding carboxylic acids is 1. The molecule has 4 nitrogen and oxygen atoms in total. The van der Waals surface area contributed by atoms with Gasteiger partial charge in [0.15, 0.2) is 6.04 Å². The van der Waals surface area contributed by atoms with Gasteiger partial charge in [0.1, 0.15) is 6.54 Å². The minimum atomic E-state index is -0.0464. The minimum Gasteiger partial charge on any atom is -0.391 e. The van der Waals surface area contributed by atoms with E-state index in [1.54, 1.807) is 0 Å². The molecule has 1 unspecified atom stereocenters. The number of hydrogen-bond acceptors (Lipinski definition) is 2. The molecule has 0 saturated carbocycles. The Balaban J connectivity index is 2.24. The first-order chi connectivity index (χ1) is 11.0. The summed E-state index contributed by atoms with van der Waals surface area (Å²) in [4.78, 5) is 13.0. The number of rotatable bonds is 6. The van der Waals surface area contributed by atoms with Crippen molar-refractivity contribution in [2.75, 3.05) is 31.6 Å². The summed E-state index contributed by atoms with van der Waals surface area (Å²) in [7, 11) is 0. The van der Waals surface area contributed by atoms with E-state index in [4.69, 9.17) is 0 Å². The lowest BCUT2D eigenvalue weighted by Crippen LogP contribution is -2.63. The number of aliphatic hydroxyl groups is 1. The maximum absolute atomic E-state index is 13.0. The monoisotopic (exact) mass is 319 g/mol. The van der Waals surface area contributed by atoms with Crippen molar-refractivity contribution in [2.45, 2.75) is 52.5 Å². The molecule has 1 fully saturated rings. The smallest absolute Gasteiger partial charge is 0.282 e. The van der Waals surface area contributed by atoms with Crippen LogP contribution in [0.1, 0.15) is 43.7 Å². The van der Waals surface area contributed by atoms with Crippen molar-refractivity contribution in [3.8, 4) is 0 Å². The van der Waals surface area contributed by atoms with Gasteiger partial charge in [-0.15, -0.1) is 0 Å². The van der Waals surface area contributed by atoms with Crippen LogP contribution in [0.5, 0.6) is 0 Å².